The fourth-order valence-electron chi connectivity index (χ4n) is 1.67. The van der Waals surface area contributed by atoms with Crippen LogP contribution in [0.5, 0.6) is 0 Å². The molecule has 102 valence electrons. The predicted molar refractivity (Wildman–Crippen MR) is 63.4 cm³/mol. The minimum absolute atomic E-state index is 0.180. The van der Waals surface area contributed by atoms with Crippen LogP contribution < -0.4 is 4.90 Å². The summed E-state index contributed by atoms with van der Waals surface area (Å²) in [5.74, 6) is 0.180. The number of halogens is 3. The van der Waals surface area contributed by atoms with E-state index < -0.39 is 18.8 Å². The summed E-state index contributed by atoms with van der Waals surface area (Å²) in [6, 6.07) is 2.81. The summed E-state index contributed by atoms with van der Waals surface area (Å²) in [5, 5.41) is 9.59. The topological polar surface area (TPSA) is 36.4 Å². The van der Waals surface area contributed by atoms with Gasteiger partial charge >= 0.3 is 6.18 Å². The fourth-order valence-corrected chi connectivity index (χ4v) is 1.67. The van der Waals surface area contributed by atoms with Crippen LogP contribution in [-0.4, -0.2) is 28.9 Å². The normalized spacial score (nSPS) is 13.8. The molecule has 0 bridgehead atoms. The smallest absolute Gasteiger partial charge is 0.389 e. The second kappa shape index (κ2) is 5.56. The summed E-state index contributed by atoms with van der Waals surface area (Å²) in [4.78, 5) is 5.11. The van der Waals surface area contributed by atoms with E-state index in [0.717, 1.165) is 4.90 Å². The van der Waals surface area contributed by atoms with E-state index in [2.05, 4.69) is 4.98 Å². The molecule has 0 fully saturated rings. The molecule has 18 heavy (non-hydrogen) atoms. The minimum Gasteiger partial charge on any atom is -0.389 e. The second-order valence-electron chi connectivity index (χ2n) is 4.43. The Kier molecular flexibility index (Phi) is 4.56. The van der Waals surface area contributed by atoms with Crippen molar-refractivity contribution >= 4 is 5.82 Å². The standard InChI is InChI=1S/C12H17F3N2O/c1-8(2)17(7-12(13,14)15)11-10(9(3)18)5-4-6-16-11/h4-6,8-9,18H,7H2,1-3H3/t9-/m1/s1. The Bertz CT molecular complexity index is 391. The van der Waals surface area contributed by atoms with E-state index in [1.54, 1.807) is 26.0 Å². The highest BCUT2D eigenvalue weighted by atomic mass is 19.4. The van der Waals surface area contributed by atoms with Gasteiger partial charge in [-0.1, -0.05) is 6.07 Å². The first-order chi connectivity index (χ1) is 8.22. The number of aliphatic hydroxyl groups excluding tert-OH is 1. The fraction of sp³-hybridized carbons (Fsp3) is 0.583. The molecule has 6 heteroatoms. The van der Waals surface area contributed by atoms with Gasteiger partial charge in [-0.3, -0.25) is 0 Å². The summed E-state index contributed by atoms with van der Waals surface area (Å²) in [7, 11) is 0. The summed E-state index contributed by atoms with van der Waals surface area (Å²) < 4.78 is 37.7. The molecule has 1 rings (SSSR count). The first kappa shape index (κ1) is 14.8. The van der Waals surface area contributed by atoms with Crippen molar-refractivity contribution in [1.82, 2.24) is 4.98 Å². The van der Waals surface area contributed by atoms with Crippen LogP contribution >= 0.6 is 0 Å². The molecular weight excluding hydrogens is 245 g/mol. The molecule has 3 nitrogen and oxygen atoms in total. The quantitative estimate of drug-likeness (QED) is 0.906. The Balaban J connectivity index is 3.14. The SMILES string of the molecule is CC(C)N(CC(F)(F)F)c1ncccc1[C@@H](C)O. The van der Waals surface area contributed by atoms with Gasteiger partial charge in [0, 0.05) is 17.8 Å². The van der Waals surface area contributed by atoms with Gasteiger partial charge in [-0.05, 0) is 26.8 Å². The molecule has 0 unspecified atom stereocenters. The Morgan fingerprint density at radius 3 is 2.39 bits per heavy atom. The van der Waals surface area contributed by atoms with Crippen LogP contribution in [0, 0.1) is 0 Å². The number of hydrogen-bond donors (Lipinski definition) is 1. The van der Waals surface area contributed by atoms with E-state index in [1.807, 2.05) is 0 Å². The van der Waals surface area contributed by atoms with Gasteiger partial charge in [-0.25, -0.2) is 4.98 Å². The Morgan fingerprint density at radius 1 is 1.33 bits per heavy atom. The average Bonchev–Trinajstić information content (AvgIpc) is 2.24. The first-order valence-electron chi connectivity index (χ1n) is 5.68. The summed E-state index contributed by atoms with van der Waals surface area (Å²) in [6.07, 6.45) is -3.74. The van der Waals surface area contributed by atoms with E-state index >= 15 is 0 Å². The molecule has 1 atom stereocenters. The Hall–Kier alpha value is -1.30. The number of pyridine rings is 1. The van der Waals surface area contributed by atoms with Gasteiger partial charge in [-0.15, -0.1) is 0 Å². The lowest BCUT2D eigenvalue weighted by molar-refractivity contribution is -0.120. The van der Waals surface area contributed by atoms with Crippen LogP contribution in [-0.2, 0) is 0 Å². The third kappa shape index (κ3) is 3.87. The highest BCUT2D eigenvalue weighted by Crippen LogP contribution is 2.28. The van der Waals surface area contributed by atoms with Crippen molar-refractivity contribution in [3.8, 4) is 0 Å². The molecule has 1 aromatic heterocycles. The molecule has 0 saturated carbocycles. The molecule has 1 N–H and O–H groups in total. The predicted octanol–water partition coefficient (Wildman–Crippen LogP) is 2.91. The first-order valence-corrected chi connectivity index (χ1v) is 5.68. The number of aliphatic hydroxyl groups is 1. The van der Waals surface area contributed by atoms with Crippen LogP contribution in [0.2, 0.25) is 0 Å². The van der Waals surface area contributed by atoms with Gasteiger partial charge in [0.15, 0.2) is 0 Å². The molecule has 0 amide bonds. The number of aromatic nitrogens is 1. The summed E-state index contributed by atoms with van der Waals surface area (Å²) >= 11 is 0. The van der Waals surface area contributed by atoms with Crippen molar-refractivity contribution in [1.29, 1.82) is 0 Å². The van der Waals surface area contributed by atoms with Crippen LogP contribution in [0.15, 0.2) is 18.3 Å². The molecule has 0 spiro atoms. The minimum atomic E-state index is -4.31. The van der Waals surface area contributed by atoms with Gasteiger partial charge in [0.2, 0.25) is 0 Å². The van der Waals surface area contributed by atoms with Crippen LogP contribution in [0.3, 0.4) is 0 Å². The van der Waals surface area contributed by atoms with Crippen LogP contribution in [0.4, 0.5) is 19.0 Å². The van der Waals surface area contributed by atoms with E-state index in [1.165, 1.54) is 13.1 Å². The lowest BCUT2D eigenvalue weighted by Crippen LogP contribution is -2.40. The Labute approximate surface area is 104 Å². The van der Waals surface area contributed by atoms with Crippen molar-refractivity contribution in [2.75, 3.05) is 11.4 Å². The van der Waals surface area contributed by atoms with E-state index in [-0.39, 0.29) is 11.9 Å². The Morgan fingerprint density at radius 2 is 1.94 bits per heavy atom. The van der Waals surface area contributed by atoms with Crippen molar-refractivity contribution in [2.45, 2.75) is 39.1 Å². The molecule has 1 aromatic rings. The van der Waals surface area contributed by atoms with Crippen LogP contribution in [0.25, 0.3) is 0 Å². The lowest BCUT2D eigenvalue weighted by Gasteiger charge is -2.30. The average molecular weight is 262 g/mol. The van der Waals surface area contributed by atoms with Crippen LogP contribution in [0.1, 0.15) is 32.4 Å². The van der Waals surface area contributed by atoms with E-state index in [0.29, 0.717) is 5.56 Å². The maximum Gasteiger partial charge on any atom is 0.405 e. The molecule has 0 aliphatic carbocycles. The van der Waals surface area contributed by atoms with E-state index in [9.17, 15) is 18.3 Å². The summed E-state index contributed by atoms with van der Waals surface area (Å²) in [5.41, 5.74) is 0.399. The highest BCUT2D eigenvalue weighted by molar-refractivity contribution is 5.48. The third-order valence-electron chi connectivity index (χ3n) is 2.51. The molecule has 0 saturated heterocycles. The number of nitrogens with zero attached hydrogens (tertiary/aromatic N) is 2. The highest BCUT2D eigenvalue weighted by Gasteiger charge is 2.33. The maximum absolute atomic E-state index is 12.6. The number of alkyl halides is 3. The number of hydrogen-bond acceptors (Lipinski definition) is 3. The van der Waals surface area contributed by atoms with E-state index in [4.69, 9.17) is 0 Å². The second-order valence-corrected chi connectivity index (χ2v) is 4.43. The van der Waals surface area contributed by atoms with Gasteiger partial charge in [-0.2, -0.15) is 13.2 Å². The number of anilines is 1. The van der Waals surface area contributed by atoms with Crippen molar-refractivity contribution in [2.24, 2.45) is 0 Å². The zero-order valence-electron chi connectivity index (χ0n) is 10.6. The lowest BCUT2D eigenvalue weighted by atomic mass is 10.1. The van der Waals surface area contributed by atoms with Gasteiger partial charge in [0.1, 0.15) is 12.4 Å². The van der Waals surface area contributed by atoms with Crippen molar-refractivity contribution < 1.29 is 18.3 Å². The van der Waals surface area contributed by atoms with Gasteiger partial charge < -0.3 is 10.0 Å². The molecular formula is C12H17F3N2O. The largest absolute Gasteiger partial charge is 0.405 e. The molecule has 0 aromatic carbocycles. The molecule has 0 radical (unpaired) electrons. The monoisotopic (exact) mass is 262 g/mol. The van der Waals surface area contributed by atoms with Gasteiger partial charge in [0.25, 0.3) is 0 Å². The van der Waals surface area contributed by atoms with Crippen molar-refractivity contribution in [3.63, 3.8) is 0 Å². The maximum atomic E-state index is 12.6. The molecule has 1 heterocycles. The molecule has 0 aliphatic heterocycles. The van der Waals surface area contributed by atoms with Crippen molar-refractivity contribution in [3.05, 3.63) is 23.9 Å². The summed E-state index contributed by atoms with van der Waals surface area (Å²) in [6.45, 7) is 3.74. The van der Waals surface area contributed by atoms with Gasteiger partial charge in [0.05, 0.1) is 6.10 Å². The third-order valence-corrected chi connectivity index (χ3v) is 2.51. The molecule has 0 aliphatic rings. The zero-order valence-corrected chi connectivity index (χ0v) is 10.6. The number of rotatable bonds is 4. The zero-order chi connectivity index (χ0) is 13.9.